The second-order valence-electron chi connectivity index (χ2n) is 8.38. The number of carbonyl (C=O) groups excluding carboxylic acids is 2. The van der Waals surface area contributed by atoms with Crippen molar-refractivity contribution in [3.05, 3.63) is 59.7 Å². The van der Waals surface area contributed by atoms with E-state index in [9.17, 15) is 9.59 Å². The number of imide groups is 1. The molecule has 0 saturated carbocycles. The van der Waals surface area contributed by atoms with E-state index >= 15 is 0 Å². The summed E-state index contributed by atoms with van der Waals surface area (Å²) >= 11 is 0. The number of urea groups is 1. The van der Waals surface area contributed by atoms with E-state index in [1.807, 2.05) is 6.07 Å². The molecule has 0 aliphatic carbocycles. The predicted octanol–water partition coefficient (Wildman–Crippen LogP) is 1.96. The van der Waals surface area contributed by atoms with Crippen LogP contribution in [0.1, 0.15) is 18.1 Å². The lowest BCUT2D eigenvalue weighted by Crippen LogP contribution is -2.51. The summed E-state index contributed by atoms with van der Waals surface area (Å²) in [5.41, 5.74) is 0.863. The highest BCUT2D eigenvalue weighted by Gasteiger charge is 2.49. The molecule has 3 aliphatic rings. The first-order valence-corrected chi connectivity index (χ1v) is 10.6. The molecule has 8 heteroatoms. The van der Waals surface area contributed by atoms with Crippen LogP contribution in [0.3, 0.4) is 0 Å². The zero-order chi connectivity index (χ0) is 21.4. The molecule has 3 amide bonds. The number of fused-ring (bicyclic) bond motifs is 1. The van der Waals surface area contributed by atoms with E-state index in [0.29, 0.717) is 23.7 Å². The van der Waals surface area contributed by atoms with Gasteiger partial charge in [-0.15, -0.1) is 0 Å². The fraction of sp³-hybridized carbons (Fsp3) is 0.391. The molecule has 0 radical (unpaired) electrons. The molecule has 1 N–H and O–H groups in total. The molecule has 0 aromatic heterocycles. The Morgan fingerprint density at radius 3 is 2.42 bits per heavy atom. The maximum absolute atomic E-state index is 13.3. The van der Waals surface area contributed by atoms with Crippen LogP contribution in [0.2, 0.25) is 0 Å². The second-order valence-corrected chi connectivity index (χ2v) is 8.38. The minimum Gasteiger partial charge on any atom is -0.454 e. The molecule has 2 fully saturated rings. The highest BCUT2D eigenvalue weighted by atomic mass is 16.7. The van der Waals surface area contributed by atoms with Crippen LogP contribution in [0, 0.1) is 0 Å². The highest BCUT2D eigenvalue weighted by molar-refractivity contribution is 6.07. The van der Waals surface area contributed by atoms with Gasteiger partial charge in [0.1, 0.15) is 5.54 Å². The Morgan fingerprint density at radius 2 is 1.65 bits per heavy atom. The standard InChI is InChI=1S/C23H26N4O4/c1-23(18-7-8-19-20(13-18)31-16-30-19)21(28)27(22(29)24-23)15-26-11-9-25(10-12-26)14-17-5-3-2-4-6-17/h2-8,13H,9-12,14-16H2,1H3,(H,24,29). The minimum atomic E-state index is -1.12. The first-order valence-electron chi connectivity index (χ1n) is 10.6. The monoisotopic (exact) mass is 422 g/mol. The third-order valence-electron chi connectivity index (χ3n) is 6.28. The Kier molecular flexibility index (Phi) is 5.03. The molecule has 3 heterocycles. The van der Waals surface area contributed by atoms with E-state index in [1.54, 1.807) is 25.1 Å². The van der Waals surface area contributed by atoms with Crippen LogP contribution in [0.15, 0.2) is 48.5 Å². The lowest BCUT2D eigenvalue weighted by molar-refractivity contribution is -0.132. The molecular weight excluding hydrogens is 396 g/mol. The number of piperazine rings is 1. The van der Waals surface area contributed by atoms with E-state index in [2.05, 4.69) is 39.4 Å². The summed E-state index contributed by atoms with van der Waals surface area (Å²) in [6.45, 7) is 6.54. The van der Waals surface area contributed by atoms with Gasteiger partial charge in [0.15, 0.2) is 11.5 Å². The Morgan fingerprint density at radius 1 is 0.935 bits per heavy atom. The fourth-order valence-electron chi connectivity index (χ4n) is 4.36. The van der Waals surface area contributed by atoms with E-state index in [0.717, 1.165) is 32.7 Å². The van der Waals surface area contributed by atoms with Gasteiger partial charge in [-0.3, -0.25) is 14.6 Å². The van der Waals surface area contributed by atoms with Gasteiger partial charge in [-0.2, -0.15) is 0 Å². The van der Waals surface area contributed by atoms with Gasteiger partial charge in [-0.05, 0) is 30.2 Å². The molecule has 2 saturated heterocycles. The molecule has 5 rings (SSSR count). The number of hydrogen-bond donors (Lipinski definition) is 1. The Balaban J connectivity index is 1.22. The van der Waals surface area contributed by atoms with Gasteiger partial charge >= 0.3 is 6.03 Å². The SMILES string of the molecule is CC1(c2ccc3c(c2)OCO3)NC(=O)N(CN2CCN(Cc3ccccc3)CC2)C1=O. The normalized spacial score (nSPS) is 24.0. The first kappa shape index (κ1) is 19.8. The van der Waals surface area contributed by atoms with Gasteiger partial charge in [0.25, 0.3) is 5.91 Å². The summed E-state index contributed by atoms with van der Waals surface area (Å²) in [4.78, 5) is 31.8. The molecule has 2 aromatic carbocycles. The van der Waals surface area contributed by atoms with Crippen molar-refractivity contribution in [2.75, 3.05) is 39.6 Å². The molecule has 2 aromatic rings. The number of carbonyl (C=O) groups is 2. The van der Waals surface area contributed by atoms with Gasteiger partial charge in [-0.25, -0.2) is 9.69 Å². The highest BCUT2D eigenvalue weighted by Crippen LogP contribution is 2.37. The molecule has 31 heavy (non-hydrogen) atoms. The second kappa shape index (κ2) is 7.86. The van der Waals surface area contributed by atoms with Crippen LogP contribution < -0.4 is 14.8 Å². The zero-order valence-electron chi connectivity index (χ0n) is 17.5. The topological polar surface area (TPSA) is 74.4 Å². The van der Waals surface area contributed by atoms with Crippen LogP contribution >= 0.6 is 0 Å². The number of ether oxygens (including phenoxy) is 2. The van der Waals surface area contributed by atoms with Crippen molar-refractivity contribution in [2.24, 2.45) is 0 Å². The van der Waals surface area contributed by atoms with Crippen molar-refractivity contribution in [3.8, 4) is 11.5 Å². The van der Waals surface area contributed by atoms with Crippen LogP contribution in [-0.2, 0) is 16.9 Å². The molecule has 8 nitrogen and oxygen atoms in total. The summed E-state index contributed by atoms with van der Waals surface area (Å²) < 4.78 is 10.8. The number of amides is 3. The average Bonchev–Trinajstić information content (AvgIpc) is 3.34. The number of nitrogens with one attached hydrogen (secondary N) is 1. The Labute approximate surface area is 181 Å². The maximum Gasteiger partial charge on any atom is 0.326 e. The van der Waals surface area contributed by atoms with E-state index in [1.165, 1.54) is 10.5 Å². The van der Waals surface area contributed by atoms with Crippen LogP contribution in [0.25, 0.3) is 0 Å². The molecular formula is C23H26N4O4. The van der Waals surface area contributed by atoms with E-state index in [4.69, 9.17) is 9.47 Å². The van der Waals surface area contributed by atoms with Crippen LogP contribution in [0.4, 0.5) is 4.79 Å². The molecule has 162 valence electrons. The van der Waals surface area contributed by atoms with Gasteiger partial charge in [0, 0.05) is 32.7 Å². The summed E-state index contributed by atoms with van der Waals surface area (Å²) in [6.07, 6.45) is 0. The quantitative estimate of drug-likeness (QED) is 0.743. The van der Waals surface area contributed by atoms with Crippen molar-refractivity contribution in [3.63, 3.8) is 0 Å². The van der Waals surface area contributed by atoms with Crippen molar-refractivity contribution < 1.29 is 19.1 Å². The van der Waals surface area contributed by atoms with Crippen LogP contribution in [0.5, 0.6) is 11.5 Å². The minimum absolute atomic E-state index is 0.165. The van der Waals surface area contributed by atoms with Gasteiger partial charge < -0.3 is 14.8 Å². The number of hydrogen-bond acceptors (Lipinski definition) is 6. The van der Waals surface area contributed by atoms with Crippen molar-refractivity contribution in [2.45, 2.75) is 19.0 Å². The molecule has 0 bridgehead atoms. The summed E-state index contributed by atoms with van der Waals surface area (Å²) in [6, 6.07) is 15.4. The van der Waals surface area contributed by atoms with Gasteiger partial charge in [-0.1, -0.05) is 36.4 Å². The van der Waals surface area contributed by atoms with Crippen molar-refractivity contribution in [1.82, 2.24) is 20.0 Å². The number of rotatable bonds is 5. The number of benzene rings is 2. The van der Waals surface area contributed by atoms with E-state index < -0.39 is 5.54 Å². The largest absolute Gasteiger partial charge is 0.454 e. The summed E-state index contributed by atoms with van der Waals surface area (Å²) in [7, 11) is 0. The van der Waals surface area contributed by atoms with E-state index in [-0.39, 0.29) is 18.7 Å². The van der Waals surface area contributed by atoms with Crippen molar-refractivity contribution in [1.29, 1.82) is 0 Å². The Hall–Kier alpha value is -3.10. The summed E-state index contributed by atoms with van der Waals surface area (Å²) in [5.74, 6) is 0.992. The molecule has 3 aliphatic heterocycles. The fourth-order valence-corrected chi connectivity index (χ4v) is 4.36. The lowest BCUT2D eigenvalue weighted by Gasteiger charge is -2.36. The number of nitrogens with zero attached hydrogens (tertiary/aromatic N) is 3. The van der Waals surface area contributed by atoms with Crippen molar-refractivity contribution >= 4 is 11.9 Å². The lowest BCUT2D eigenvalue weighted by atomic mass is 9.92. The van der Waals surface area contributed by atoms with Gasteiger partial charge in [0.2, 0.25) is 6.79 Å². The molecule has 0 spiro atoms. The smallest absolute Gasteiger partial charge is 0.326 e. The Bertz CT molecular complexity index is 990. The third kappa shape index (κ3) is 3.73. The average molecular weight is 422 g/mol. The predicted molar refractivity (Wildman–Crippen MR) is 113 cm³/mol. The summed E-state index contributed by atoms with van der Waals surface area (Å²) in [5, 5.41) is 2.87. The van der Waals surface area contributed by atoms with Crippen LogP contribution in [-0.4, -0.2) is 66.3 Å². The molecule has 1 atom stereocenters. The third-order valence-corrected chi connectivity index (χ3v) is 6.28. The first-order chi connectivity index (χ1) is 15.0. The van der Waals surface area contributed by atoms with Gasteiger partial charge in [0.05, 0.1) is 6.67 Å². The molecule has 1 unspecified atom stereocenters. The maximum atomic E-state index is 13.3. The zero-order valence-corrected chi connectivity index (χ0v) is 17.5.